The Bertz CT molecular complexity index is 423. The first-order valence-electron chi connectivity index (χ1n) is 5.90. The number of rotatable bonds is 6. The van der Waals surface area contributed by atoms with Gasteiger partial charge in [-0.1, -0.05) is 59.0 Å². The van der Waals surface area contributed by atoms with Crippen molar-refractivity contribution in [2.45, 2.75) is 41.0 Å². The van der Waals surface area contributed by atoms with E-state index in [1.807, 2.05) is 37.3 Å². The number of hydrogen-bond donors (Lipinski definition) is 2. The van der Waals surface area contributed by atoms with Crippen LogP contribution in [0.5, 0.6) is 0 Å². The van der Waals surface area contributed by atoms with E-state index < -0.39 is 23.8 Å². The van der Waals surface area contributed by atoms with Gasteiger partial charge in [0.25, 0.3) is 0 Å². The maximum atomic E-state index is 11.0. The van der Waals surface area contributed by atoms with Crippen molar-refractivity contribution in [3.8, 4) is 0 Å². The molecule has 3 atom stereocenters. The second kappa shape index (κ2) is 12.8. The standard InChI is InChI=1S/C14H18O4.2CH4.2H3N/c1-9(11-6-4-3-5-7-11)8-12(14(17)18)10(2)13(15)16;;;;/h3-7,9-10,12H,8H2,1-2H3,(H,15,16)(H,17,18);2*1H4;2*1H3. The zero-order valence-electron chi connectivity index (χ0n) is 12.5. The summed E-state index contributed by atoms with van der Waals surface area (Å²) < 4.78 is 0. The molecule has 130 valence electrons. The Balaban J connectivity index is -0.000000405. The van der Waals surface area contributed by atoms with Gasteiger partial charge in [-0.25, -0.2) is 0 Å². The third-order valence-electron chi connectivity index (χ3n) is 3.25. The summed E-state index contributed by atoms with van der Waals surface area (Å²) in [7, 11) is 0. The molecule has 0 spiro atoms. The monoisotopic (exact) mass is 316 g/mol. The number of aliphatic carboxylic acids is 2. The van der Waals surface area contributed by atoms with E-state index in [1.54, 1.807) is 0 Å². The number of benzene rings is 1. The maximum absolute atomic E-state index is 11.0. The minimum atomic E-state index is -1.36. The zero-order valence-corrected chi connectivity index (χ0v) is 12.5. The van der Waals surface area contributed by atoms with Gasteiger partial charge in [-0.15, -0.1) is 0 Å². The van der Waals surface area contributed by atoms with E-state index in [0.29, 0.717) is 0 Å². The van der Waals surface area contributed by atoms with Crippen LogP contribution in [0.1, 0.15) is 46.6 Å². The molecule has 0 radical (unpaired) electrons. The first-order valence-corrected chi connectivity index (χ1v) is 5.90. The van der Waals surface area contributed by atoms with Gasteiger partial charge < -0.3 is 32.1 Å². The summed E-state index contributed by atoms with van der Waals surface area (Å²) in [5.41, 5.74) is 0.981. The maximum Gasteiger partial charge on any atom is 0.0451 e. The summed E-state index contributed by atoms with van der Waals surface area (Å²) in [4.78, 5) is 21.8. The average molecular weight is 316 g/mol. The van der Waals surface area contributed by atoms with E-state index in [-0.39, 0.29) is 39.5 Å². The van der Waals surface area contributed by atoms with Gasteiger partial charge in [0.05, 0.1) is 0 Å². The summed E-state index contributed by atoms with van der Waals surface area (Å²) in [5.74, 6) is -4.83. The minimum Gasteiger partial charge on any atom is -0.550 e. The fourth-order valence-electron chi connectivity index (χ4n) is 1.97. The number of hydrogen-bond acceptors (Lipinski definition) is 4. The number of carbonyl (C=O) groups excluding carboxylic acids is 2. The highest BCUT2D eigenvalue weighted by Crippen LogP contribution is 2.27. The average Bonchev–Trinajstić information content (AvgIpc) is 2.35. The predicted octanol–water partition coefficient (Wildman–Crippen LogP) is 1.96. The van der Waals surface area contributed by atoms with E-state index >= 15 is 0 Å². The van der Waals surface area contributed by atoms with Crippen LogP contribution in [0, 0.1) is 11.8 Å². The third-order valence-corrected chi connectivity index (χ3v) is 3.25. The summed E-state index contributed by atoms with van der Waals surface area (Å²) in [6.07, 6.45) is 0.224. The van der Waals surface area contributed by atoms with E-state index in [9.17, 15) is 19.8 Å². The van der Waals surface area contributed by atoms with Crippen molar-refractivity contribution in [1.29, 1.82) is 0 Å². The van der Waals surface area contributed by atoms with Gasteiger partial charge in [0.15, 0.2) is 0 Å². The largest absolute Gasteiger partial charge is 0.550 e. The van der Waals surface area contributed by atoms with Crippen LogP contribution in [0.15, 0.2) is 30.3 Å². The molecule has 0 amide bonds. The van der Waals surface area contributed by atoms with Gasteiger partial charge in [-0.05, 0) is 17.9 Å². The lowest BCUT2D eigenvalue weighted by molar-refractivity contribution is -0.326. The third kappa shape index (κ3) is 7.75. The Morgan fingerprint density at radius 2 is 1.41 bits per heavy atom. The number of carboxylic acids is 2. The molecule has 0 aliphatic rings. The van der Waals surface area contributed by atoms with Gasteiger partial charge in [0.2, 0.25) is 0 Å². The molecule has 22 heavy (non-hydrogen) atoms. The first-order chi connectivity index (χ1) is 8.43. The Hall–Kier alpha value is -1.92. The van der Waals surface area contributed by atoms with Crippen LogP contribution < -0.4 is 22.5 Å². The van der Waals surface area contributed by atoms with Crippen molar-refractivity contribution in [1.82, 2.24) is 12.3 Å². The van der Waals surface area contributed by atoms with E-state index in [0.717, 1.165) is 5.56 Å². The molecule has 8 N–H and O–H groups in total. The molecule has 6 heteroatoms. The van der Waals surface area contributed by atoms with Crippen LogP contribution in [0.2, 0.25) is 0 Å². The summed E-state index contributed by atoms with van der Waals surface area (Å²) in [6.45, 7) is 3.21. The van der Waals surface area contributed by atoms with Crippen LogP contribution in [-0.4, -0.2) is 11.9 Å². The van der Waals surface area contributed by atoms with Crippen molar-refractivity contribution in [3.05, 3.63) is 35.9 Å². The molecule has 6 nitrogen and oxygen atoms in total. The molecular weight excluding hydrogens is 284 g/mol. The van der Waals surface area contributed by atoms with Crippen LogP contribution in [0.4, 0.5) is 0 Å². The number of carboxylic acid groups (broad SMARTS) is 2. The number of carbonyl (C=O) groups is 2. The Kier molecular flexibility index (Phi) is 16.4. The Morgan fingerprint density at radius 1 is 0.955 bits per heavy atom. The molecule has 0 aliphatic heterocycles. The van der Waals surface area contributed by atoms with E-state index in [1.165, 1.54) is 6.92 Å². The van der Waals surface area contributed by atoms with Gasteiger partial charge in [0.1, 0.15) is 0 Å². The molecule has 3 unspecified atom stereocenters. The van der Waals surface area contributed by atoms with Crippen LogP contribution >= 0.6 is 0 Å². The summed E-state index contributed by atoms with van der Waals surface area (Å²) in [5, 5.41) is 21.8. The lowest BCUT2D eigenvalue weighted by Gasteiger charge is -2.28. The van der Waals surface area contributed by atoms with Crippen molar-refractivity contribution in [3.63, 3.8) is 0 Å². The molecule has 0 heterocycles. The smallest absolute Gasteiger partial charge is 0.0451 e. The quantitative estimate of drug-likeness (QED) is 0.823. The second-order valence-electron chi connectivity index (χ2n) is 4.58. The normalized spacial score (nSPS) is 12.8. The van der Waals surface area contributed by atoms with E-state index in [4.69, 9.17) is 0 Å². The molecule has 1 aromatic carbocycles. The predicted molar refractivity (Wildman–Crippen MR) is 87.6 cm³/mol. The highest BCUT2D eigenvalue weighted by atomic mass is 16.4. The summed E-state index contributed by atoms with van der Waals surface area (Å²) in [6, 6.07) is 9.38. The Labute approximate surface area is 133 Å². The Morgan fingerprint density at radius 3 is 1.77 bits per heavy atom. The highest BCUT2D eigenvalue weighted by molar-refractivity contribution is 5.77. The molecule has 0 saturated carbocycles. The van der Waals surface area contributed by atoms with Gasteiger partial charge in [-0.3, -0.25) is 0 Å². The summed E-state index contributed by atoms with van der Waals surface area (Å²) >= 11 is 0. The molecule has 0 aliphatic carbocycles. The van der Waals surface area contributed by atoms with Crippen molar-refractivity contribution in [2.24, 2.45) is 11.8 Å². The van der Waals surface area contributed by atoms with Crippen molar-refractivity contribution in [2.75, 3.05) is 0 Å². The zero-order chi connectivity index (χ0) is 13.7. The lowest BCUT2D eigenvalue weighted by Crippen LogP contribution is -2.43. The minimum absolute atomic E-state index is 0. The SMILES string of the molecule is C.C.CC(CC(C(=O)[O-])C(C)C(=O)[O-])c1ccccc1.[NH4+].[NH4+]. The fourth-order valence-corrected chi connectivity index (χ4v) is 1.97. The molecule has 1 aromatic rings. The molecular formula is C16H32N2O4. The first kappa shape index (κ1) is 28.3. The molecule has 0 saturated heterocycles. The van der Waals surface area contributed by atoms with Crippen LogP contribution in [-0.2, 0) is 9.59 Å². The molecule has 1 rings (SSSR count). The van der Waals surface area contributed by atoms with Gasteiger partial charge >= 0.3 is 0 Å². The van der Waals surface area contributed by atoms with E-state index in [2.05, 4.69) is 0 Å². The lowest BCUT2D eigenvalue weighted by atomic mass is 9.83. The van der Waals surface area contributed by atoms with Crippen molar-refractivity contribution < 1.29 is 19.8 Å². The molecule has 0 bridgehead atoms. The number of quaternary nitrogens is 2. The van der Waals surface area contributed by atoms with Gasteiger partial charge in [-0.2, -0.15) is 0 Å². The molecule has 0 aromatic heterocycles. The topological polar surface area (TPSA) is 153 Å². The van der Waals surface area contributed by atoms with Crippen LogP contribution in [0.25, 0.3) is 0 Å². The molecule has 0 fully saturated rings. The van der Waals surface area contributed by atoms with Crippen molar-refractivity contribution >= 4 is 11.9 Å². The fraction of sp³-hybridized carbons (Fsp3) is 0.500. The second-order valence-corrected chi connectivity index (χ2v) is 4.58. The highest BCUT2D eigenvalue weighted by Gasteiger charge is 2.22. The van der Waals surface area contributed by atoms with Crippen LogP contribution in [0.3, 0.4) is 0 Å². The van der Waals surface area contributed by atoms with Gasteiger partial charge in [0, 0.05) is 23.8 Å².